The van der Waals surface area contributed by atoms with Crippen LogP contribution in [0.5, 0.6) is 0 Å². The van der Waals surface area contributed by atoms with E-state index in [9.17, 15) is 18.8 Å². The fourth-order valence-corrected chi connectivity index (χ4v) is 3.63. The van der Waals surface area contributed by atoms with Crippen molar-refractivity contribution < 1.29 is 18.8 Å². The number of rotatable bonds is 9. The Morgan fingerprint density at radius 1 is 1.30 bits per heavy atom. The molecule has 3 heterocycles. The zero-order valence-electron chi connectivity index (χ0n) is 17.3. The first-order chi connectivity index (χ1) is 15.8. The van der Waals surface area contributed by atoms with Crippen LogP contribution in [0.4, 0.5) is 4.39 Å². The van der Waals surface area contributed by atoms with Crippen molar-refractivity contribution in [1.82, 2.24) is 30.7 Å². The number of carbonyl (C=O) groups excluding carboxylic acids is 3. The summed E-state index contributed by atoms with van der Waals surface area (Å²) in [5, 5.41) is 12.9. The van der Waals surface area contributed by atoms with Crippen molar-refractivity contribution in [1.29, 1.82) is 0 Å². The highest BCUT2D eigenvalue weighted by Gasteiger charge is 2.30. The summed E-state index contributed by atoms with van der Waals surface area (Å²) in [7, 11) is 0. The van der Waals surface area contributed by atoms with Gasteiger partial charge in [0.1, 0.15) is 18.4 Å². The maximum Gasteiger partial charge on any atom is 0.269 e. The minimum atomic E-state index is -0.856. The average molecular weight is 474 g/mol. The van der Waals surface area contributed by atoms with E-state index in [0.29, 0.717) is 17.5 Å². The van der Waals surface area contributed by atoms with Crippen LogP contribution in [0.1, 0.15) is 22.5 Å². The summed E-state index contributed by atoms with van der Waals surface area (Å²) < 4.78 is 15.4. The number of nitrogens with zero attached hydrogens (tertiary/aromatic N) is 3. The van der Waals surface area contributed by atoms with E-state index in [1.54, 1.807) is 18.2 Å². The third kappa shape index (κ3) is 5.26. The molecule has 1 aromatic carbocycles. The summed E-state index contributed by atoms with van der Waals surface area (Å²) in [4.78, 5) is 41.3. The van der Waals surface area contributed by atoms with Crippen molar-refractivity contribution in [3.05, 3.63) is 58.6 Å². The lowest BCUT2D eigenvalue weighted by molar-refractivity contribution is -0.129. The molecule has 3 aromatic rings. The number of hydrogen-bond acceptors (Lipinski definition) is 6. The number of hydrogen-bond donors (Lipinski definition) is 4. The van der Waals surface area contributed by atoms with Gasteiger partial charge in [-0.1, -0.05) is 23.7 Å². The lowest BCUT2D eigenvalue weighted by atomic mass is 10.1. The summed E-state index contributed by atoms with van der Waals surface area (Å²) in [6.45, 7) is 0.384. The highest BCUT2D eigenvalue weighted by atomic mass is 35.5. The number of primary amides is 1. The number of nitrogens with one attached hydrogen (secondary N) is 3. The first kappa shape index (κ1) is 22.6. The Morgan fingerprint density at radius 2 is 2.09 bits per heavy atom. The molecule has 172 valence electrons. The number of carbonyl (C=O) groups is 3. The largest absolute Gasteiger partial charge is 0.364 e. The fourth-order valence-electron chi connectivity index (χ4n) is 3.43. The van der Waals surface area contributed by atoms with Crippen LogP contribution >= 0.6 is 11.6 Å². The summed E-state index contributed by atoms with van der Waals surface area (Å²) in [6, 6.07) is 7.03. The molecule has 12 heteroatoms. The maximum absolute atomic E-state index is 14.1. The van der Waals surface area contributed by atoms with Crippen LogP contribution in [-0.4, -0.2) is 51.1 Å². The third-order valence-electron chi connectivity index (χ3n) is 5.18. The summed E-state index contributed by atoms with van der Waals surface area (Å²) in [5.74, 6) is -2.31. The molecular formula is C21H21ClFN7O3. The van der Waals surface area contributed by atoms with Crippen LogP contribution in [0.25, 0.3) is 11.0 Å². The first-order valence-corrected chi connectivity index (χ1v) is 10.6. The van der Waals surface area contributed by atoms with Gasteiger partial charge in [0, 0.05) is 30.9 Å². The lowest BCUT2D eigenvalue weighted by Gasteiger charge is -2.18. The Kier molecular flexibility index (Phi) is 6.52. The number of aromatic nitrogens is 3. The van der Waals surface area contributed by atoms with Gasteiger partial charge >= 0.3 is 0 Å². The van der Waals surface area contributed by atoms with Gasteiger partial charge in [0.2, 0.25) is 11.8 Å². The second-order valence-corrected chi connectivity index (χ2v) is 8.04. The van der Waals surface area contributed by atoms with Gasteiger partial charge < -0.3 is 21.7 Å². The van der Waals surface area contributed by atoms with Crippen LogP contribution in [-0.2, 0) is 22.7 Å². The summed E-state index contributed by atoms with van der Waals surface area (Å²) >= 11 is 5.78. The predicted molar refractivity (Wildman–Crippen MR) is 118 cm³/mol. The topological polar surface area (TPSA) is 154 Å². The number of halogens is 2. The van der Waals surface area contributed by atoms with Gasteiger partial charge in [-0.25, -0.2) is 14.1 Å². The van der Waals surface area contributed by atoms with Crippen molar-refractivity contribution in [2.24, 2.45) is 5.73 Å². The Hall–Kier alpha value is -3.57. The minimum Gasteiger partial charge on any atom is -0.364 e. The molecule has 2 atom stereocenters. The van der Waals surface area contributed by atoms with E-state index in [4.69, 9.17) is 17.3 Å². The first-order valence-electron chi connectivity index (χ1n) is 10.2. The van der Waals surface area contributed by atoms with E-state index in [-0.39, 0.29) is 35.4 Å². The molecule has 0 aliphatic carbocycles. The number of pyridine rings is 1. The molecule has 5 N–H and O–H groups in total. The van der Waals surface area contributed by atoms with Crippen molar-refractivity contribution in [3.63, 3.8) is 0 Å². The van der Waals surface area contributed by atoms with E-state index >= 15 is 0 Å². The summed E-state index contributed by atoms with van der Waals surface area (Å²) in [5.41, 5.74) is 5.93. The van der Waals surface area contributed by atoms with Gasteiger partial charge in [0.05, 0.1) is 10.4 Å². The average Bonchev–Trinajstić information content (AvgIpc) is 3.53. The van der Waals surface area contributed by atoms with Crippen molar-refractivity contribution in [2.75, 3.05) is 6.54 Å². The monoisotopic (exact) mass is 473 g/mol. The second-order valence-electron chi connectivity index (χ2n) is 7.64. The fraction of sp³-hybridized carbons (Fsp3) is 0.286. The molecule has 2 aromatic heterocycles. The maximum atomic E-state index is 14.1. The third-order valence-corrected chi connectivity index (χ3v) is 5.48. The highest BCUT2D eigenvalue weighted by molar-refractivity contribution is 6.30. The molecule has 0 bridgehead atoms. The van der Waals surface area contributed by atoms with E-state index in [0.717, 1.165) is 6.54 Å². The molecule has 1 aliphatic rings. The van der Waals surface area contributed by atoms with Gasteiger partial charge in [-0.15, -0.1) is 0 Å². The summed E-state index contributed by atoms with van der Waals surface area (Å²) in [6.07, 6.45) is 1.87. The molecule has 1 fully saturated rings. The van der Waals surface area contributed by atoms with Gasteiger partial charge in [0.25, 0.3) is 5.91 Å². The standard InChI is InChI=1S/C21H21ClFN7O3/c22-14-5-1-3-11(17(14)23)8-27-21(33)15(7-12-9-26-12)28-16(31)10-30-20-13(4-2-6-25-20)18(29-30)19(24)32/h1-6,12,15,26H,7-10H2,(H2,24,32)(H,27,33)(H,28,31)/t12-,15+/m1/s1. The molecule has 0 unspecified atom stereocenters. The molecule has 0 saturated carbocycles. The van der Waals surface area contributed by atoms with Crippen molar-refractivity contribution >= 4 is 40.4 Å². The Labute approximate surface area is 192 Å². The molecule has 4 rings (SSSR count). The molecule has 0 spiro atoms. The Bertz CT molecular complexity index is 1230. The number of benzene rings is 1. The lowest BCUT2D eigenvalue weighted by Crippen LogP contribution is -2.48. The van der Waals surface area contributed by atoms with E-state index in [2.05, 4.69) is 26.0 Å². The van der Waals surface area contributed by atoms with Crippen LogP contribution < -0.4 is 21.7 Å². The minimum absolute atomic E-state index is 0.00548. The van der Waals surface area contributed by atoms with Crippen LogP contribution in [0, 0.1) is 5.82 Å². The zero-order chi connectivity index (χ0) is 23.5. The number of fused-ring (bicyclic) bond motifs is 1. The van der Waals surface area contributed by atoms with Crippen molar-refractivity contribution in [2.45, 2.75) is 31.6 Å². The molecular weight excluding hydrogens is 453 g/mol. The van der Waals surface area contributed by atoms with Gasteiger partial charge in [-0.05, 0) is 24.6 Å². The molecule has 10 nitrogen and oxygen atoms in total. The van der Waals surface area contributed by atoms with Gasteiger partial charge in [-0.3, -0.25) is 14.4 Å². The van der Waals surface area contributed by atoms with E-state index < -0.39 is 29.6 Å². The van der Waals surface area contributed by atoms with E-state index in [1.807, 2.05) is 0 Å². The van der Waals surface area contributed by atoms with E-state index in [1.165, 1.54) is 23.0 Å². The SMILES string of the molecule is NC(=O)c1nn(CC(=O)N[C@@H](C[C@@H]2CN2)C(=O)NCc2cccc(Cl)c2F)c2ncccc12. The molecule has 33 heavy (non-hydrogen) atoms. The molecule has 1 aliphatic heterocycles. The molecule has 1 saturated heterocycles. The molecule has 0 radical (unpaired) electrons. The van der Waals surface area contributed by atoms with Crippen LogP contribution in [0.2, 0.25) is 5.02 Å². The highest BCUT2D eigenvalue weighted by Crippen LogP contribution is 2.18. The predicted octanol–water partition coefficient (Wildman–Crippen LogP) is 0.486. The van der Waals surface area contributed by atoms with Gasteiger partial charge in [0.15, 0.2) is 11.3 Å². The zero-order valence-corrected chi connectivity index (χ0v) is 18.1. The smallest absolute Gasteiger partial charge is 0.269 e. The second kappa shape index (κ2) is 9.51. The molecule has 3 amide bonds. The normalized spacial score (nSPS) is 15.8. The Morgan fingerprint density at radius 3 is 2.82 bits per heavy atom. The van der Waals surface area contributed by atoms with Crippen LogP contribution in [0.3, 0.4) is 0 Å². The number of nitrogens with two attached hydrogens (primary N) is 1. The Balaban J connectivity index is 1.44. The van der Waals surface area contributed by atoms with Gasteiger partial charge in [-0.2, -0.15) is 5.10 Å². The number of amides is 3. The van der Waals surface area contributed by atoms with Crippen LogP contribution in [0.15, 0.2) is 36.5 Å². The quantitative estimate of drug-likeness (QED) is 0.331. The van der Waals surface area contributed by atoms with Crippen molar-refractivity contribution in [3.8, 4) is 0 Å².